The second-order valence-electron chi connectivity index (χ2n) is 14.0. The van der Waals surface area contributed by atoms with Crippen molar-refractivity contribution in [1.82, 2.24) is 0 Å². The summed E-state index contributed by atoms with van der Waals surface area (Å²) in [6.45, 7) is 0. The van der Waals surface area contributed by atoms with Crippen LogP contribution in [-0.2, 0) is 0 Å². The molecule has 0 aliphatic carbocycles. The minimum atomic E-state index is 1.12. The fourth-order valence-electron chi connectivity index (χ4n) is 8.28. The van der Waals surface area contributed by atoms with Gasteiger partial charge in [-0.15, -0.1) is 22.7 Å². The molecule has 0 aliphatic rings. The highest BCUT2D eigenvalue weighted by molar-refractivity contribution is 7.27. The van der Waals surface area contributed by atoms with Crippen molar-refractivity contribution >= 4 is 90.9 Å². The van der Waals surface area contributed by atoms with E-state index in [0.29, 0.717) is 0 Å². The summed E-state index contributed by atoms with van der Waals surface area (Å²) >= 11 is 3.77. The Hall–Kier alpha value is -6.52. The van der Waals surface area contributed by atoms with E-state index in [0.717, 1.165) is 5.69 Å². The third-order valence-electron chi connectivity index (χ3n) is 10.9. The maximum absolute atomic E-state index is 2.51. The number of benzene rings is 9. The fraction of sp³-hybridized carbons (Fsp3) is 0. The van der Waals surface area contributed by atoms with Crippen LogP contribution < -0.4 is 4.90 Å². The van der Waals surface area contributed by atoms with Gasteiger partial charge in [0.05, 0.1) is 16.1 Å². The number of hydrogen-bond acceptors (Lipinski definition) is 3. The molecule has 11 aromatic rings. The molecule has 0 unspecified atom stereocenters. The van der Waals surface area contributed by atoms with Gasteiger partial charge in [0.15, 0.2) is 0 Å². The van der Waals surface area contributed by atoms with Crippen molar-refractivity contribution < 1.29 is 0 Å². The highest BCUT2D eigenvalue weighted by Crippen LogP contribution is 2.51. The highest BCUT2D eigenvalue weighted by atomic mass is 32.1. The van der Waals surface area contributed by atoms with Crippen LogP contribution in [0.2, 0.25) is 0 Å². The Balaban J connectivity index is 1.16. The van der Waals surface area contributed by atoms with Gasteiger partial charge in [-0.05, 0) is 92.7 Å². The summed E-state index contributed by atoms with van der Waals surface area (Å²) in [6, 6.07) is 73.4. The van der Waals surface area contributed by atoms with Crippen LogP contribution in [0.3, 0.4) is 0 Å². The minimum Gasteiger partial charge on any atom is -0.308 e. The van der Waals surface area contributed by atoms with Gasteiger partial charge in [-0.2, -0.15) is 0 Å². The molecule has 0 saturated heterocycles. The van der Waals surface area contributed by atoms with Crippen molar-refractivity contribution in [2.75, 3.05) is 4.90 Å². The molecule has 0 N–H and O–H groups in total. The van der Waals surface area contributed by atoms with Crippen LogP contribution in [0.4, 0.5) is 17.1 Å². The molecule has 258 valence electrons. The Morgan fingerprint density at radius 3 is 1.55 bits per heavy atom. The molecule has 0 radical (unpaired) electrons. The topological polar surface area (TPSA) is 3.24 Å². The Morgan fingerprint density at radius 1 is 0.327 bits per heavy atom. The molecule has 1 nitrogen and oxygen atoms in total. The Labute approximate surface area is 327 Å². The quantitative estimate of drug-likeness (QED) is 0.164. The van der Waals surface area contributed by atoms with Gasteiger partial charge in [-0.3, -0.25) is 0 Å². The second-order valence-corrected chi connectivity index (χ2v) is 16.2. The number of anilines is 3. The fourth-order valence-corrected chi connectivity index (χ4v) is 10.7. The second kappa shape index (κ2) is 13.1. The smallest absolute Gasteiger partial charge is 0.0640 e. The zero-order valence-corrected chi connectivity index (χ0v) is 31.4. The van der Waals surface area contributed by atoms with E-state index in [1.807, 2.05) is 22.7 Å². The molecule has 9 aromatic carbocycles. The third kappa shape index (κ3) is 5.35. The van der Waals surface area contributed by atoms with Gasteiger partial charge >= 0.3 is 0 Å². The predicted octanol–water partition coefficient (Wildman–Crippen LogP) is 16.0. The summed E-state index contributed by atoms with van der Waals surface area (Å²) in [5.41, 5.74) is 10.9. The van der Waals surface area contributed by atoms with Crippen LogP contribution in [0.5, 0.6) is 0 Å². The van der Waals surface area contributed by atoms with Crippen molar-refractivity contribution in [2.24, 2.45) is 0 Å². The molecule has 55 heavy (non-hydrogen) atoms. The summed E-state index contributed by atoms with van der Waals surface area (Å²) in [6.07, 6.45) is 0. The molecule has 0 amide bonds. The first kappa shape index (κ1) is 32.0. The van der Waals surface area contributed by atoms with Crippen LogP contribution in [-0.4, -0.2) is 0 Å². The lowest BCUT2D eigenvalue weighted by atomic mass is 9.91. The molecule has 0 atom stereocenters. The zero-order valence-electron chi connectivity index (χ0n) is 29.8. The number of hydrogen-bond donors (Lipinski definition) is 0. The van der Waals surface area contributed by atoms with E-state index >= 15 is 0 Å². The standard InChI is InChI=1S/C52H33NS2/c1-3-14-34(15-4-1)40-30-31-46(50-43-21-10-12-25-49(43)55-52(40)50)53(47-23-13-22-42-41-20-9-11-24-48(41)54-51(42)47)39-28-26-36(27-29-39)45-33-38-19-8-7-18-37(38)32-44(45)35-16-5-2-6-17-35/h1-33H. The van der Waals surface area contributed by atoms with Gasteiger partial charge in [0.1, 0.15) is 0 Å². The zero-order chi connectivity index (χ0) is 36.3. The van der Waals surface area contributed by atoms with E-state index in [2.05, 4.69) is 205 Å². The van der Waals surface area contributed by atoms with E-state index in [4.69, 9.17) is 0 Å². The van der Waals surface area contributed by atoms with Gasteiger partial charge in [-0.1, -0.05) is 152 Å². The lowest BCUT2D eigenvalue weighted by Gasteiger charge is -2.28. The van der Waals surface area contributed by atoms with E-state index in [1.54, 1.807) is 0 Å². The van der Waals surface area contributed by atoms with Crippen molar-refractivity contribution in [1.29, 1.82) is 0 Å². The molecule has 2 aromatic heterocycles. The summed E-state index contributed by atoms with van der Waals surface area (Å²) in [5.74, 6) is 0. The molecule has 0 spiro atoms. The van der Waals surface area contributed by atoms with Crippen molar-refractivity contribution in [3.05, 3.63) is 200 Å². The van der Waals surface area contributed by atoms with Gasteiger partial charge < -0.3 is 4.90 Å². The van der Waals surface area contributed by atoms with E-state index in [9.17, 15) is 0 Å². The normalized spacial score (nSPS) is 11.6. The summed E-state index contributed by atoms with van der Waals surface area (Å²) in [4.78, 5) is 2.51. The summed E-state index contributed by atoms with van der Waals surface area (Å²) in [7, 11) is 0. The van der Waals surface area contributed by atoms with E-state index in [-0.39, 0.29) is 0 Å². The Kier molecular flexibility index (Phi) is 7.61. The van der Waals surface area contributed by atoms with Crippen LogP contribution in [0, 0.1) is 0 Å². The Bertz CT molecular complexity index is 3190. The average Bonchev–Trinajstić information content (AvgIpc) is 3.84. The summed E-state index contributed by atoms with van der Waals surface area (Å²) in [5, 5.41) is 7.64. The monoisotopic (exact) mass is 735 g/mol. The van der Waals surface area contributed by atoms with Gasteiger partial charge in [0.25, 0.3) is 0 Å². The predicted molar refractivity (Wildman–Crippen MR) is 241 cm³/mol. The molecular formula is C52H33NS2. The molecule has 0 saturated carbocycles. The first-order valence-electron chi connectivity index (χ1n) is 18.7. The molecule has 0 aliphatic heterocycles. The molecule has 2 heterocycles. The van der Waals surface area contributed by atoms with Crippen molar-refractivity contribution in [2.45, 2.75) is 0 Å². The third-order valence-corrected chi connectivity index (χ3v) is 13.3. The lowest BCUT2D eigenvalue weighted by molar-refractivity contribution is 1.32. The molecule has 11 rings (SSSR count). The number of nitrogens with zero attached hydrogens (tertiary/aromatic N) is 1. The molecule has 0 bridgehead atoms. The number of fused-ring (bicyclic) bond motifs is 7. The first-order valence-corrected chi connectivity index (χ1v) is 20.3. The lowest BCUT2D eigenvalue weighted by Crippen LogP contribution is -2.10. The molecular weight excluding hydrogens is 703 g/mol. The van der Waals surface area contributed by atoms with E-state index < -0.39 is 0 Å². The number of thiophene rings is 2. The van der Waals surface area contributed by atoms with Crippen molar-refractivity contribution in [3.63, 3.8) is 0 Å². The van der Waals surface area contributed by atoms with Gasteiger partial charge in [-0.25, -0.2) is 0 Å². The molecule has 0 fully saturated rings. The maximum Gasteiger partial charge on any atom is 0.0640 e. The average molecular weight is 736 g/mol. The van der Waals surface area contributed by atoms with Crippen LogP contribution >= 0.6 is 22.7 Å². The number of rotatable bonds is 6. The van der Waals surface area contributed by atoms with Gasteiger partial charge in [0.2, 0.25) is 0 Å². The van der Waals surface area contributed by atoms with Crippen molar-refractivity contribution in [3.8, 4) is 33.4 Å². The minimum absolute atomic E-state index is 1.12. The van der Waals surface area contributed by atoms with Gasteiger partial charge in [0, 0.05) is 41.3 Å². The Morgan fingerprint density at radius 2 is 0.855 bits per heavy atom. The van der Waals surface area contributed by atoms with Crippen LogP contribution in [0.25, 0.3) is 84.5 Å². The molecule has 3 heteroatoms. The van der Waals surface area contributed by atoms with E-state index in [1.165, 1.54) is 95.9 Å². The highest BCUT2D eigenvalue weighted by Gasteiger charge is 2.23. The van der Waals surface area contributed by atoms with Crippen LogP contribution in [0.1, 0.15) is 0 Å². The maximum atomic E-state index is 2.51. The van der Waals surface area contributed by atoms with Crippen LogP contribution in [0.15, 0.2) is 200 Å². The largest absolute Gasteiger partial charge is 0.308 e. The summed E-state index contributed by atoms with van der Waals surface area (Å²) < 4.78 is 5.19. The SMILES string of the molecule is c1ccc(-c2cc3ccccc3cc2-c2ccc(N(c3cccc4c3sc3ccccc34)c3ccc(-c4ccccc4)c4sc5ccccc5c34)cc2)cc1. The first-order chi connectivity index (χ1) is 27.3.